The standard InChI is InChI=1S/C16H12N2O2/c1-19-15-9-10-18(17-15)13-7-4-6-12-11-5-2-3-8-14(11)20-16(12)13/h2-10H,1H3. The van der Waals surface area contributed by atoms with Crippen LogP contribution in [0.1, 0.15) is 0 Å². The normalized spacial score (nSPS) is 11.2. The van der Waals surface area contributed by atoms with Gasteiger partial charge in [0.2, 0.25) is 5.88 Å². The first-order valence-electron chi connectivity index (χ1n) is 6.37. The van der Waals surface area contributed by atoms with Gasteiger partial charge < -0.3 is 9.15 Å². The maximum atomic E-state index is 5.98. The third-order valence-corrected chi connectivity index (χ3v) is 3.40. The highest BCUT2D eigenvalue weighted by atomic mass is 16.5. The molecule has 2 aromatic heterocycles. The van der Waals surface area contributed by atoms with E-state index in [0.717, 1.165) is 27.6 Å². The van der Waals surface area contributed by atoms with E-state index in [2.05, 4.69) is 17.2 Å². The van der Waals surface area contributed by atoms with Crippen molar-refractivity contribution < 1.29 is 9.15 Å². The Morgan fingerprint density at radius 1 is 1.00 bits per heavy atom. The molecule has 2 aromatic carbocycles. The number of aromatic nitrogens is 2. The Labute approximate surface area is 115 Å². The Balaban J connectivity index is 2.04. The molecule has 20 heavy (non-hydrogen) atoms. The summed E-state index contributed by atoms with van der Waals surface area (Å²) in [7, 11) is 1.61. The van der Waals surface area contributed by atoms with Gasteiger partial charge in [-0.05, 0) is 12.1 Å². The molecule has 4 aromatic rings. The number of fused-ring (bicyclic) bond motifs is 3. The number of rotatable bonds is 2. The zero-order chi connectivity index (χ0) is 13.5. The van der Waals surface area contributed by atoms with Gasteiger partial charge in [-0.1, -0.05) is 30.3 Å². The van der Waals surface area contributed by atoms with E-state index in [1.165, 1.54) is 0 Å². The zero-order valence-electron chi connectivity index (χ0n) is 10.9. The fourth-order valence-electron chi connectivity index (χ4n) is 2.46. The highest BCUT2D eigenvalue weighted by Crippen LogP contribution is 2.32. The van der Waals surface area contributed by atoms with Crippen molar-refractivity contribution in [1.82, 2.24) is 9.78 Å². The molecule has 0 aliphatic carbocycles. The lowest BCUT2D eigenvalue weighted by Crippen LogP contribution is -1.95. The van der Waals surface area contributed by atoms with Crippen molar-refractivity contribution in [3.8, 4) is 11.6 Å². The molecule has 98 valence electrons. The van der Waals surface area contributed by atoms with Crippen LogP contribution in [-0.2, 0) is 0 Å². The summed E-state index contributed by atoms with van der Waals surface area (Å²) in [6.07, 6.45) is 1.86. The van der Waals surface area contributed by atoms with Crippen molar-refractivity contribution in [2.24, 2.45) is 0 Å². The minimum atomic E-state index is 0.582. The van der Waals surface area contributed by atoms with E-state index >= 15 is 0 Å². The van der Waals surface area contributed by atoms with Crippen molar-refractivity contribution in [3.05, 3.63) is 54.7 Å². The summed E-state index contributed by atoms with van der Waals surface area (Å²) in [4.78, 5) is 0. The molecule has 0 unspecified atom stereocenters. The molecule has 4 heteroatoms. The molecule has 0 spiro atoms. The van der Waals surface area contributed by atoms with E-state index < -0.39 is 0 Å². The number of hydrogen-bond acceptors (Lipinski definition) is 3. The molecule has 0 bridgehead atoms. The SMILES string of the molecule is COc1ccn(-c2cccc3c2oc2ccccc23)n1. The molecular weight excluding hydrogens is 252 g/mol. The van der Waals surface area contributed by atoms with Gasteiger partial charge in [0.05, 0.1) is 7.11 Å². The highest BCUT2D eigenvalue weighted by Gasteiger charge is 2.12. The van der Waals surface area contributed by atoms with Gasteiger partial charge in [0.15, 0.2) is 5.58 Å². The van der Waals surface area contributed by atoms with Crippen LogP contribution in [0.5, 0.6) is 5.88 Å². The zero-order valence-corrected chi connectivity index (χ0v) is 10.9. The first-order chi connectivity index (χ1) is 9.86. The van der Waals surface area contributed by atoms with Gasteiger partial charge >= 0.3 is 0 Å². The first kappa shape index (κ1) is 11.1. The molecule has 0 saturated heterocycles. The summed E-state index contributed by atoms with van der Waals surface area (Å²) < 4.78 is 12.9. The molecule has 0 radical (unpaired) electrons. The summed E-state index contributed by atoms with van der Waals surface area (Å²) in [5, 5.41) is 6.56. The van der Waals surface area contributed by atoms with Crippen LogP contribution in [0.2, 0.25) is 0 Å². The minimum Gasteiger partial charge on any atom is -0.480 e. The van der Waals surface area contributed by atoms with E-state index in [-0.39, 0.29) is 0 Å². The Morgan fingerprint density at radius 2 is 1.85 bits per heavy atom. The van der Waals surface area contributed by atoms with Crippen LogP contribution < -0.4 is 4.74 Å². The Bertz CT molecular complexity index is 905. The molecule has 0 aliphatic rings. The number of nitrogens with zero attached hydrogens (tertiary/aromatic N) is 2. The molecule has 0 atom stereocenters. The number of furan rings is 1. The molecule has 2 heterocycles. The maximum Gasteiger partial charge on any atom is 0.232 e. The second kappa shape index (κ2) is 4.13. The van der Waals surface area contributed by atoms with Crippen LogP contribution in [0.25, 0.3) is 27.6 Å². The van der Waals surface area contributed by atoms with Crippen molar-refractivity contribution in [1.29, 1.82) is 0 Å². The van der Waals surface area contributed by atoms with Crippen LogP contribution in [-0.4, -0.2) is 16.9 Å². The van der Waals surface area contributed by atoms with Gasteiger partial charge in [-0.15, -0.1) is 5.10 Å². The van der Waals surface area contributed by atoms with Gasteiger partial charge in [0.25, 0.3) is 0 Å². The van der Waals surface area contributed by atoms with Crippen molar-refractivity contribution in [3.63, 3.8) is 0 Å². The average Bonchev–Trinajstić information content (AvgIpc) is 3.11. The van der Waals surface area contributed by atoms with Crippen LogP contribution >= 0.6 is 0 Å². The van der Waals surface area contributed by atoms with Crippen molar-refractivity contribution in [2.45, 2.75) is 0 Å². The fourth-order valence-corrected chi connectivity index (χ4v) is 2.46. The summed E-state index contributed by atoms with van der Waals surface area (Å²) in [5.41, 5.74) is 2.62. The van der Waals surface area contributed by atoms with Gasteiger partial charge in [-0.2, -0.15) is 0 Å². The van der Waals surface area contributed by atoms with E-state index in [4.69, 9.17) is 9.15 Å². The lowest BCUT2D eigenvalue weighted by Gasteiger charge is -2.01. The molecule has 4 rings (SSSR count). The monoisotopic (exact) mass is 264 g/mol. The Hall–Kier alpha value is -2.75. The molecule has 0 fully saturated rings. The van der Waals surface area contributed by atoms with E-state index in [0.29, 0.717) is 5.88 Å². The number of hydrogen-bond donors (Lipinski definition) is 0. The predicted molar refractivity (Wildman–Crippen MR) is 77.4 cm³/mol. The Kier molecular flexibility index (Phi) is 2.29. The topological polar surface area (TPSA) is 40.2 Å². The van der Waals surface area contributed by atoms with Crippen molar-refractivity contribution in [2.75, 3.05) is 7.11 Å². The smallest absolute Gasteiger partial charge is 0.232 e. The van der Waals surface area contributed by atoms with Gasteiger partial charge in [-0.3, -0.25) is 0 Å². The first-order valence-corrected chi connectivity index (χ1v) is 6.37. The quantitative estimate of drug-likeness (QED) is 0.553. The predicted octanol–water partition coefficient (Wildman–Crippen LogP) is 3.78. The molecule has 0 aliphatic heterocycles. The number of ether oxygens (including phenoxy) is 1. The Morgan fingerprint density at radius 3 is 2.70 bits per heavy atom. The summed E-state index contributed by atoms with van der Waals surface area (Å²) >= 11 is 0. The number of methoxy groups -OCH3 is 1. The van der Waals surface area contributed by atoms with E-state index in [9.17, 15) is 0 Å². The maximum absolute atomic E-state index is 5.98. The summed E-state index contributed by atoms with van der Waals surface area (Å²) in [6.45, 7) is 0. The van der Waals surface area contributed by atoms with Crippen LogP contribution in [0.4, 0.5) is 0 Å². The average molecular weight is 264 g/mol. The van der Waals surface area contributed by atoms with Gasteiger partial charge in [0.1, 0.15) is 11.3 Å². The largest absolute Gasteiger partial charge is 0.480 e. The molecule has 4 nitrogen and oxygen atoms in total. The van der Waals surface area contributed by atoms with Crippen LogP contribution in [0, 0.1) is 0 Å². The summed E-state index contributed by atoms with van der Waals surface area (Å²) in [5.74, 6) is 0.582. The third-order valence-electron chi connectivity index (χ3n) is 3.40. The second-order valence-corrected chi connectivity index (χ2v) is 4.55. The lowest BCUT2D eigenvalue weighted by molar-refractivity contribution is 0.394. The van der Waals surface area contributed by atoms with E-state index in [1.54, 1.807) is 11.8 Å². The number of benzene rings is 2. The number of para-hydroxylation sites is 2. The van der Waals surface area contributed by atoms with Crippen LogP contribution in [0.15, 0.2) is 59.1 Å². The fraction of sp³-hybridized carbons (Fsp3) is 0.0625. The molecule has 0 N–H and O–H groups in total. The van der Waals surface area contributed by atoms with Gasteiger partial charge in [0, 0.05) is 23.0 Å². The summed E-state index contributed by atoms with van der Waals surface area (Å²) in [6, 6.07) is 15.9. The van der Waals surface area contributed by atoms with Gasteiger partial charge in [-0.25, -0.2) is 4.68 Å². The lowest BCUT2D eigenvalue weighted by atomic mass is 10.1. The van der Waals surface area contributed by atoms with E-state index in [1.807, 2.05) is 42.6 Å². The third kappa shape index (κ3) is 1.51. The second-order valence-electron chi connectivity index (χ2n) is 4.55. The molecule has 0 saturated carbocycles. The van der Waals surface area contributed by atoms with Crippen molar-refractivity contribution >= 4 is 21.9 Å². The van der Waals surface area contributed by atoms with Crippen LogP contribution in [0.3, 0.4) is 0 Å². The minimum absolute atomic E-state index is 0.582. The molecular formula is C16H12N2O2. The molecule has 0 amide bonds. The highest BCUT2D eigenvalue weighted by molar-refractivity contribution is 6.07.